The number of nitrogens with zero attached hydrogens (tertiary/aromatic N) is 2. The van der Waals surface area contributed by atoms with E-state index in [0.717, 1.165) is 24.5 Å². The first-order valence-corrected chi connectivity index (χ1v) is 8.17. The lowest BCUT2D eigenvalue weighted by molar-refractivity contribution is -0.139. The molecule has 2 heterocycles. The van der Waals surface area contributed by atoms with Crippen molar-refractivity contribution in [3.05, 3.63) is 23.9 Å². The number of nitrogens with one attached hydrogen (secondary N) is 1. The van der Waals surface area contributed by atoms with Crippen molar-refractivity contribution in [3.8, 4) is 0 Å². The number of aromatic nitrogens is 1. The Morgan fingerprint density at radius 1 is 1.33 bits per heavy atom. The highest BCUT2D eigenvalue weighted by Gasteiger charge is 2.24. The molecule has 1 aliphatic heterocycles. The second-order valence-corrected chi connectivity index (χ2v) is 6.96. The topological polar surface area (TPSA) is 91.8 Å². The molecule has 1 unspecified atom stereocenters. The second-order valence-electron chi connectivity index (χ2n) is 6.96. The number of aliphatic carboxylic acids is 1. The quantitative estimate of drug-likeness (QED) is 0.857. The minimum Gasteiger partial charge on any atom is -0.480 e. The van der Waals surface area contributed by atoms with E-state index in [1.165, 1.54) is 12.8 Å². The van der Waals surface area contributed by atoms with Gasteiger partial charge in [-0.2, -0.15) is 0 Å². The van der Waals surface area contributed by atoms with E-state index >= 15 is 0 Å². The maximum absolute atomic E-state index is 11.8. The molecule has 0 spiro atoms. The number of hydrogen-bond donors (Lipinski definition) is 2. The molecule has 1 aromatic heterocycles. The zero-order chi connectivity index (χ0) is 17.7. The number of ether oxygens (including phenoxy) is 1. The molecule has 24 heavy (non-hydrogen) atoms. The van der Waals surface area contributed by atoms with Crippen LogP contribution < -0.4 is 10.2 Å². The molecule has 1 saturated heterocycles. The third kappa shape index (κ3) is 5.40. The predicted molar refractivity (Wildman–Crippen MR) is 90.2 cm³/mol. The van der Waals surface area contributed by atoms with Gasteiger partial charge in [-0.3, -0.25) is 0 Å². The van der Waals surface area contributed by atoms with Gasteiger partial charge in [0.2, 0.25) is 0 Å². The lowest BCUT2D eigenvalue weighted by Gasteiger charge is -2.22. The van der Waals surface area contributed by atoms with Crippen molar-refractivity contribution in [2.75, 3.05) is 18.0 Å². The molecule has 132 valence electrons. The summed E-state index contributed by atoms with van der Waals surface area (Å²) in [4.78, 5) is 29.8. The van der Waals surface area contributed by atoms with E-state index in [0.29, 0.717) is 0 Å². The monoisotopic (exact) mass is 335 g/mol. The first-order chi connectivity index (χ1) is 11.2. The fourth-order valence-corrected chi connectivity index (χ4v) is 2.56. The molecule has 1 aliphatic rings. The maximum atomic E-state index is 11.8. The largest absolute Gasteiger partial charge is 0.480 e. The SMILES string of the molecule is CC(C)(C)OC(=O)NC(Cc1ccc(N2CCCC2)nc1)C(=O)O. The molecule has 7 nitrogen and oxygen atoms in total. The van der Waals surface area contributed by atoms with E-state index in [9.17, 15) is 14.7 Å². The Bertz CT molecular complexity index is 574. The molecule has 0 aliphatic carbocycles. The fraction of sp³-hybridized carbons (Fsp3) is 0.588. The van der Waals surface area contributed by atoms with E-state index in [1.54, 1.807) is 27.0 Å². The summed E-state index contributed by atoms with van der Waals surface area (Å²) in [5, 5.41) is 11.7. The number of amides is 1. The number of pyridine rings is 1. The Hall–Kier alpha value is -2.31. The molecule has 0 radical (unpaired) electrons. The lowest BCUT2D eigenvalue weighted by Crippen LogP contribution is -2.44. The number of anilines is 1. The van der Waals surface area contributed by atoms with Crippen LogP contribution in [0.1, 0.15) is 39.2 Å². The van der Waals surface area contributed by atoms with Crippen LogP contribution in [0.2, 0.25) is 0 Å². The summed E-state index contributed by atoms with van der Waals surface area (Å²) < 4.78 is 5.11. The van der Waals surface area contributed by atoms with E-state index in [2.05, 4.69) is 15.2 Å². The molecule has 1 atom stereocenters. The van der Waals surface area contributed by atoms with E-state index in [1.807, 2.05) is 12.1 Å². The van der Waals surface area contributed by atoms with Crippen LogP contribution in [0, 0.1) is 0 Å². The summed E-state index contributed by atoms with van der Waals surface area (Å²) in [5.74, 6) is -0.201. The van der Waals surface area contributed by atoms with Crippen LogP contribution in [0.15, 0.2) is 18.3 Å². The van der Waals surface area contributed by atoms with Crippen LogP contribution in [0.4, 0.5) is 10.6 Å². The number of carboxylic acids is 1. The summed E-state index contributed by atoms with van der Waals surface area (Å²) in [6.45, 7) is 7.19. The number of carbonyl (C=O) groups is 2. The molecule has 1 amide bonds. The first-order valence-electron chi connectivity index (χ1n) is 8.17. The fourth-order valence-electron chi connectivity index (χ4n) is 2.56. The summed E-state index contributed by atoms with van der Waals surface area (Å²) in [6.07, 6.45) is 3.42. The number of hydrogen-bond acceptors (Lipinski definition) is 5. The number of alkyl carbamates (subject to hydrolysis) is 1. The minimum atomic E-state index is -1.11. The van der Waals surface area contributed by atoms with Gasteiger partial charge in [-0.1, -0.05) is 6.07 Å². The van der Waals surface area contributed by atoms with Crippen molar-refractivity contribution in [2.45, 2.75) is 51.7 Å². The van der Waals surface area contributed by atoms with E-state index in [4.69, 9.17) is 4.74 Å². The summed E-state index contributed by atoms with van der Waals surface area (Å²) in [5.41, 5.74) is 0.0768. The van der Waals surface area contributed by atoms with Crippen LogP contribution in [-0.4, -0.2) is 46.9 Å². The minimum absolute atomic E-state index is 0.155. The zero-order valence-corrected chi connectivity index (χ0v) is 14.4. The molecule has 0 aromatic carbocycles. The average molecular weight is 335 g/mol. The van der Waals surface area contributed by atoms with Crippen molar-refractivity contribution in [1.82, 2.24) is 10.3 Å². The molecular weight excluding hydrogens is 310 g/mol. The van der Waals surface area contributed by atoms with Gasteiger partial charge < -0.3 is 20.1 Å². The average Bonchev–Trinajstić information content (AvgIpc) is 2.99. The smallest absolute Gasteiger partial charge is 0.408 e. The highest BCUT2D eigenvalue weighted by atomic mass is 16.6. The van der Waals surface area contributed by atoms with Crippen molar-refractivity contribution >= 4 is 17.9 Å². The van der Waals surface area contributed by atoms with Gasteiger partial charge in [0.1, 0.15) is 17.5 Å². The third-order valence-electron chi connectivity index (χ3n) is 3.67. The lowest BCUT2D eigenvalue weighted by atomic mass is 10.1. The van der Waals surface area contributed by atoms with Gasteiger partial charge >= 0.3 is 12.1 Å². The van der Waals surface area contributed by atoms with Crippen molar-refractivity contribution in [3.63, 3.8) is 0 Å². The maximum Gasteiger partial charge on any atom is 0.408 e. The number of carbonyl (C=O) groups excluding carboxylic acids is 1. The molecule has 2 N–H and O–H groups in total. The van der Waals surface area contributed by atoms with Crippen LogP contribution >= 0.6 is 0 Å². The van der Waals surface area contributed by atoms with Crippen molar-refractivity contribution in [1.29, 1.82) is 0 Å². The van der Waals surface area contributed by atoms with E-state index in [-0.39, 0.29) is 6.42 Å². The van der Waals surface area contributed by atoms with Crippen LogP contribution in [0.3, 0.4) is 0 Å². The Kier molecular flexibility index (Phi) is 5.64. The Labute approximate surface area is 142 Å². The Morgan fingerprint density at radius 3 is 2.50 bits per heavy atom. The normalized spacial score (nSPS) is 15.9. The van der Waals surface area contributed by atoms with Gasteiger partial charge in [0.25, 0.3) is 0 Å². The zero-order valence-electron chi connectivity index (χ0n) is 14.4. The van der Waals surface area contributed by atoms with E-state index < -0.39 is 23.7 Å². The second kappa shape index (κ2) is 7.51. The predicted octanol–water partition coefficient (Wildman–Crippen LogP) is 2.20. The number of rotatable bonds is 5. The number of carboxylic acid groups (broad SMARTS) is 1. The van der Waals surface area contributed by atoms with Gasteiger partial charge in [-0.05, 0) is 45.2 Å². The summed E-state index contributed by atoms with van der Waals surface area (Å²) in [7, 11) is 0. The van der Waals surface area contributed by atoms with Crippen LogP contribution in [0.25, 0.3) is 0 Å². The van der Waals surface area contributed by atoms with Crippen LogP contribution in [-0.2, 0) is 16.0 Å². The Balaban J connectivity index is 1.97. The molecule has 1 aromatic rings. The van der Waals surface area contributed by atoms with Gasteiger partial charge in [-0.15, -0.1) is 0 Å². The van der Waals surface area contributed by atoms with Gasteiger partial charge in [0.05, 0.1) is 0 Å². The van der Waals surface area contributed by atoms with Crippen molar-refractivity contribution in [2.24, 2.45) is 0 Å². The van der Waals surface area contributed by atoms with Gasteiger partial charge in [0, 0.05) is 25.7 Å². The molecule has 2 rings (SSSR count). The summed E-state index contributed by atoms with van der Waals surface area (Å²) >= 11 is 0. The highest BCUT2D eigenvalue weighted by Crippen LogP contribution is 2.18. The standard InChI is InChI=1S/C17H25N3O4/c1-17(2,3)24-16(23)19-13(15(21)22)10-12-6-7-14(18-11-12)20-8-4-5-9-20/h6-7,11,13H,4-5,8-10H2,1-3H3,(H,19,23)(H,21,22). The van der Waals surface area contributed by atoms with Gasteiger partial charge in [0.15, 0.2) is 0 Å². The third-order valence-corrected chi connectivity index (χ3v) is 3.67. The molecular formula is C17H25N3O4. The molecule has 0 saturated carbocycles. The van der Waals surface area contributed by atoms with Crippen molar-refractivity contribution < 1.29 is 19.4 Å². The molecule has 7 heteroatoms. The Morgan fingerprint density at radius 2 is 2.00 bits per heavy atom. The highest BCUT2D eigenvalue weighted by molar-refractivity contribution is 5.80. The van der Waals surface area contributed by atoms with Gasteiger partial charge in [-0.25, -0.2) is 14.6 Å². The summed E-state index contributed by atoms with van der Waals surface area (Å²) in [6, 6.07) is 2.69. The molecule has 1 fully saturated rings. The molecule has 0 bridgehead atoms. The van der Waals surface area contributed by atoms with Crippen LogP contribution in [0.5, 0.6) is 0 Å². The first kappa shape index (κ1) is 18.0.